The van der Waals surface area contributed by atoms with Crippen LogP contribution in [-0.4, -0.2) is 130 Å². The second-order valence-corrected chi connectivity index (χ2v) is 15.9. The van der Waals surface area contributed by atoms with Crippen molar-refractivity contribution < 1.29 is 61.1 Å². The van der Waals surface area contributed by atoms with Crippen LogP contribution in [0.15, 0.2) is 30.4 Å². The number of amides is 6. The number of halogens is 2. The van der Waals surface area contributed by atoms with Crippen LogP contribution < -0.4 is 16.0 Å². The van der Waals surface area contributed by atoms with Gasteiger partial charge in [-0.2, -0.15) is 0 Å². The molecule has 0 spiro atoms. The minimum atomic E-state index is -3.19. The van der Waals surface area contributed by atoms with Gasteiger partial charge in [-0.15, -0.1) is 9.42 Å². The maximum absolute atomic E-state index is 14.6. The predicted molar refractivity (Wildman–Crippen MR) is 200 cm³/mol. The fraction of sp³-hybridized carbons (Fsp3) is 0.605. The molecule has 5 rings (SSSR count). The minimum Gasteiger partial charge on any atom is -0.461 e. The molecular weight excluding hydrogens is 785 g/mol. The summed E-state index contributed by atoms with van der Waals surface area (Å²) in [4.78, 5) is 110. The summed E-state index contributed by atoms with van der Waals surface area (Å²) >= 11 is 0. The van der Waals surface area contributed by atoms with Gasteiger partial charge in [0.25, 0.3) is 0 Å². The van der Waals surface area contributed by atoms with Crippen molar-refractivity contribution in [2.75, 3.05) is 26.2 Å². The van der Waals surface area contributed by atoms with E-state index in [0.29, 0.717) is 25.3 Å². The van der Waals surface area contributed by atoms with Crippen LogP contribution in [0.5, 0.6) is 0 Å². The highest BCUT2D eigenvalue weighted by molar-refractivity contribution is 7.32. The third kappa shape index (κ3) is 11.0. The number of esters is 1. The molecule has 4 saturated heterocycles. The van der Waals surface area contributed by atoms with Crippen molar-refractivity contribution in [1.82, 2.24) is 30.7 Å². The van der Waals surface area contributed by atoms with E-state index < -0.39 is 123 Å². The molecule has 58 heavy (non-hydrogen) atoms. The van der Waals surface area contributed by atoms with E-state index in [-0.39, 0.29) is 43.8 Å². The number of hydrogen-bond acceptors (Lipinski definition) is 10. The molecule has 9 atom stereocenters. The molecule has 1 aromatic rings. The molecule has 316 valence electrons. The summed E-state index contributed by atoms with van der Waals surface area (Å²) in [7, 11) is -3.19. The molecule has 2 unspecified atom stereocenters. The van der Waals surface area contributed by atoms with E-state index in [2.05, 4.69) is 16.0 Å². The number of carbonyl (C=O) groups is 7. The number of allylic oxidation sites excluding steroid dienone is 1. The van der Waals surface area contributed by atoms with Crippen molar-refractivity contribution >= 4 is 49.7 Å². The maximum atomic E-state index is 14.6. The zero-order valence-electron chi connectivity index (χ0n) is 32.6. The first-order valence-corrected chi connectivity index (χ1v) is 20.6. The summed E-state index contributed by atoms with van der Waals surface area (Å²) < 4.78 is 51.0. The molecule has 4 heterocycles. The lowest BCUT2D eigenvalue weighted by atomic mass is 9.99. The van der Waals surface area contributed by atoms with Crippen LogP contribution in [0.2, 0.25) is 0 Å². The van der Waals surface area contributed by atoms with Crippen molar-refractivity contribution in [2.45, 2.75) is 114 Å². The molecule has 0 aliphatic carbocycles. The normalized spacial score (nSPS) is 28.0. The standard InChI is InChI=1S/C38H49F2N6O11P/c1-4-5-6-10-32(47)42-27(15-23-13-24(39)16-25(40)14-23)33(48)43-28-20-56-38(53)31-12-21(2)18-45(31)35(50)22(3)41-34(49)29-9-7-8-11-44(29)37(52)30-17-26(57-58(54)55)19-46(30)36(28)51/h6,10,13-14,16,21-22,26-31H,4-5,7-9,11-12,15,17-20H2,1-3H3,(H3-,41,42,43,47,48,49,54,55)/p+1/b10-6+/t21-,22+,26-,27+,28+,29+,30+,31?/m1/s1. The topological polar surface area (TPSA) is 221 Å². The van der Waals surface area contributed by atoms with Gasteiger partial charge in [0.1, 0.15) is 60.6 Å². The van der Waals surface area contributed by atoms with Crippen molar-refractivity contribution in [2.24, 2.45) is 5.92 Å². The molecule has 4 aliphatic rings. The average Bonchev–Trinajstić information content (AvgIpc) is 3.77. The lowest BCUT2D eigenvalue weighted by Crippen LogP contribution is -2.62. The van der Waals surface area contributed by atoms with Crippen LogP contribution in [-0.2, 0) is 53.8 Å². The Morgan fingerprint density at radius 3 is 2.38 bits per heavy atom. The van der Waals surface area contributed by atoms with Gasteiger partial charge in [0.05, 0.1) is 6.54 Å². The molecule has 4 aliphatic heterocycles. The number of cyclic esters (lactones) is 1. The van der Waals surface area contributed by atoms with Crippen LogP contribution in [0.3, 0.4) is 0 Å². The van der Waals surface area contributed by atoms with Gasteiger partial charge in [0.15, 0.2) is 0 Å². The number of piperidine rings is 1. The summed E-state index contributed by atoms with van der Waals surface area (Å²) in [6.45, 7) is 4.22. The number of fused-ring (bicyclic) bond motifs is 3. The van der Waals surface area contributed by atoms with Crippen LogP contribution >= 0.6 is 8.25 Å². The van der Waals surface area contributed by atoms with Crippen molar-refractivity contribution in [3.63, 3.8) is 0 Å². The summed E-state index contributed by atoms with van der Waals surface area (Å²) in [6, 6.07) is -5.33. The second kappa shape index (κ2) is 19.7. The number of nitrogens with zero attached hydrogens (tertiary/aromatic N) is 3. The number of rotatable bonds is 10. The number of nitrogens with one attached hydrogen (secondary N) is 3. The Morgan fingerprint density at radius 2 is 1.69 bits per heavy atom. The highest BCUT2D eigenvalue weighted by Crippen LogP contribution is 2.32. The molecule has 0 saturated carbocycles. The summed E-state index contributed by atoms with van der Waals surface area (Å²) in [6.07, 6.45) is 3.69. The zero-order chi connectivity index (χ0) is 42.3. The molecule has 17 nitrogen and oxygen atoms in total. The highest BCUT2D eigenvalue weighted by atomic mass is 31.1. The Balaban J connectivity index is 1.53. The lowest BCUT2D eigenvalue weighted by molar-refractivity contribution is -0.158. The van der Waals surface area contributed by atoms with Gasteiger partial charge in [-0.3, -0.25) is 28.8 Å². The average molecular weight is 836 g/mol. The van der Waals surface area contributed by atoms with E-state index in [4.69, 9.17) is 9.26 Å². The fourth-order valence-electron chi connectivity index (χ4n) is 7.93. The molecular formula is C38H50F2N6O11P+. The Kier molecular flexibility index (Phi) is 15.0. The SMILES string of the molecule is CCC/C=C/C(=O)N[C@@H](Cc1cc(F)cc(F)c1)C(=O)N[C@H]1COC(=O)C2C[C@@H](C)CN2C(=O)[C@H](C)NC(=O)[C@@H]2CCCCN2C(=O)[C@@H]2C[C@@H](O[P+](=O)O)CN2C1=O. The third-order valence-corrected chi connectivity index (χ3v) is 11.2. The van der Waals surface area contributed by atoms with Gasteiger partial charge >= 0.3 is 14.2 Å². The first-order chi connectivity index (χ1) is 27.6. The van der Waals surface area contributed by atoms with Gasteiger partial charge in [-0.25, -0.2) is 13.6 Å². The Bertz CT molecular complexity index is 1800. The van der Waals surface area contributed by atoms with Crippen molar-refractivity contribution in [3.8, 4) is 0 Å². The zero-order valence-corrected chi connectivity index (χ0v) is 33.5. The van der Waals surface area contributed by atoms with Crippen LogP contribution in [0, 0.1) is 17.6 Å². The largest absolute Gasteiger partial charge is 0.695 e. The Morgan fingerprint density at radius 1 is 0.983 bits per heavy atom. The van der Waals surface area contributed by atoms with Crippen LogP contribution in [0.1, 0.15) is 71.3 Å². The van der Waals surface area contributed by atoms with E-state index in [0.717, 1.165) is 23.5 Å². The molecule has 1 aromatic carbocycles. The highest BCUT2D eigenvalue weighted by Gasteiger charge is 2.49. The Hall–Kier alpha value is -4.87. The number of unbranched alkanes of at least 4 members (excludes halogenated alkanes) is 1. The quantitative estimate of drug-likeness (QED) is 0.149. The van der Waals surface area contributed by atoms with Gasteiger partial charge in [0.2, 0.25) is 35.4 Å². The lowest BCUT2D eigenvalue weighted by Gasteiger charge is -2.39. The van der Waals surface area contributed by atoms with Gasteiger partial charge in [-0.05, 0) is 68.7 Å². The smallest absolute Gasteiger partial charge is 0.461 e. The molecule has 4 fully saturated rings. The molecule has 20 heteroatoms. The van der Waals surface area contributed by atoms with Crippen LogP contribution in [0.4, 0.5) is 8.78 Å². The van der Waals surface area contributed by atoms with Gasteiger partial charge < -0.3 is 35.4 Å². The number of benzene rings is 1. The van der Waals surface area contributed by atoms with E-state index in [1.54, 1.807) is 6.08 Å². The molecule has 4 N–H and O–H groups in total. The molecule has 0 bridgehead atoms. The monoisotopic (exact) mass is 835 g/mol. The maximum Gasteiger partial charge on any atom is 0.695 e. The fourth-order valence-corrected chi connectivity index (χ4v) is 8.34. The second-order valence-electron chi connectivity index (χ2n) is 15.3. The van der Waals surface area contributed by atoms with E-state index >= 15 is 0 Å². The van der Waals surface area contributed by atoms with Gasteiger partial charge in [-0.1, -0.05) is 26.3 Å². The molecule has 0 aromatic heterocycles. The molecule has 0 radical (unpaired) electrons. The first-order valence-electron chi connectivity index (χ1n) is 19.5. The summed E-state index contributed by atoms with van der Waals surface area (Å²) in [5.41, 5.74) is -0.0102. The van der Waals surface area contributed by atoms with E-state index in [1.165, 1.54) is 22.8 Å². The van der Waals surface area contributed by atoms with Gasteiger partial charge in [0, 0.05) is 36.6 Å². The Labute approximate surface area is 335 Å². The first kappa shape index (κ1) is 44.2. The van der Waals surface area contributed by atoms with Crippen molar-refractivity contribution in [1.29, 1.82) is 0 Å². The van der Waals surface area contributed by atoms with E-state index in [9.17, 15) is 51.8 Å². The van der Waals surface area contributed by atoms with Crippen molar-refractivity contribution in [3.05, 3.63) is 47.5 Å². The summed E-state index contributed by atoms with van der Waals surface area (Å²) in [5.74, 6) is -7.54. The number of hydrogen-bond donors (Lipinski definition) is 4. The number of ether oxygens (including phenoxy) is 1. The molecule has 6 amide bonds. The van der Waals surface area contributed by atoms with E-state index in [1.807, 2.05) is 13.8 Å². The predicted octanol–water partition coefficient (Wildman–Crippen LogP) is 1.15. The minimum absolute atomic E-state index is 0.0102. The summed E-state index contributed by atoms with van der Waals surface area (Å²) in [5, 5.41) is 7.68. The van der Waals surface area contributed by atoms with Crippen LogP contribution in [0.25, 0.3) is 0 Å². The third-order valence-electron chi connectivity index (χ3n) is 10.7. The number of carbonyl (C=O) groups excluding carboxylic acids is 7.